The summed E-state index contributed by atoms with van der Waals surface area (Å²) in [6, 6.07) is 4.01. The first-order valence-electron chi connectivity index (χ1n) is 6.55. The molecule has 0 aliphatic carbocycles. The van der Waals surface area contributed by atoms with Gasteiger partial charge in [0.25, 0.3) is 0 Å². The quantitative estimate of drug-likeness (QED) is 0.734. The number of nitrogens with one attached hydrogen (secondary N) is 1. The molecular weight excluding hydrogens is 284 g/mol. The Morgan fingerprint density at radius 1 is 1.38 bits per heavy atom. The Labute approximate surface area is 121 Å². The molecule has 118 valence electrons. The number of carboxylic acids is 1. The molecule has 7 heteroatoms. The molecule has 0 spiro atoms. The molecule has 0 aliphatic heterocycles. The summed E-state index contributed by atoms with van der Waals surface area (Å²) in [5.74, 6) is -0.918. The Kier molecular flexibility index (Phi) is 6.87. The van der Waals surface area contributed by atoms with Crippen LogP contribution in [0.5, 0.6) is 11.5 Å². The summed E-state index contributed by atoms with van der Waals surface area (Å²) in [7, 11) is 1.34. The largest absolute Gasteiger partial charge is 0.493 e. The zero-order chi connectivity index (χ0) is 15.8. The number of rotatable bonds is 9. The first-order valence-corrected chi connectivity index (χ1v) is 6.55. The lowest BCUT2D eigenvalue weighted by atomic mass is 10.0. The van der Waals surface area contributed by atoms with Gasteiger partial charge in [0.1, 0.15) is 0 Å². The monoisotopic (exact) mass is 303 g/mol. The molecule has 1 aromatic rings. The van der Waals surface area contributed by atoms with E-state index in [2.05, 4.69) is 10.1 Å². The maximum atomic E-state index is 12.4. The average Bonchev–Trinajstić information content (AvgIpc) is 2.42. The van der Waals surface area contributed by atoms with E-state index in [9.17, 15) is 13.6 Å². The Bertz CT molecular complexity index is 468. The van der Waals surface area contributed by atoms with E-state index in [0.29, 0.717) is 12.1 Å². The Morgan fingerprint density at radius 3 is 2.62 bits per heavy atom. The maximum absolute atomic E-state index is 12.4. The Balaban J connectivity index is 3.03. The van der Waals surface area contributed by atoms with Crippen LogP contribution in [-0.4, -0.2) is 31.3 Å². The fraction of sp³-hybridized carbons (Fsp3) is 0.500. The Hall–Kier alpha value is -1.89. The van der Waals surface area contributed by atoms with E-state index in [1.807, 2.05) is 6.92 Å². The van der Waals surface area contributed by atoms with Crippen LogP contribution in [0.4, 0.5) is 8.78 Å². The zero-order valence-electron chi connectivity index (χ0n) is 11.9. The number of alkyl halides is 2. The van der Waals surface area contributed by atoms with Crippen LogP contribution in [0.2, 0.25) is 0 Å². The fourth-order valence-electron chi connectivity index (χ4n) is 1.90. The second-order valence-electron chi connectivity index (χ2n) is 4.39. The van der Waals surface area contributed by atoms with E-state index in [1.54, 1.807) is 6.07 Å². The Morgan fingerprint density at radius 2 is 2.10 bits per heavy atom. The minimum Gasteiger partial charge on any atom is -0.493 e. The van der Waals surface area contributed by atoms with Crippen molar-refractivity contribution in [2.45, 2.75) is 32.4 Å². The third-order valence-electron chi connectivity index (χ3n) is 2.83. The van der Waals surface area contributed by atoms with E-state index >= 15 is 0 Å². The summed E-state index contributed by atoms with van der Waals surface area (Å²) < 4.78 is 34.1. The molecule has 2 N–H and O–H groups in total. The summed E-state index contributed by atoms with van der Waals surface area (Å²) in [6.07, 6.45) is 0.674. The number of halogens is 2. The molecule has 0 bridgehead atoms. The molecule has 1 aromatic carbocycles. The number of benzene rings is 1. The van der Waals surface area contributed by atoms with Gasteiger partial charge in [0.2, 0.25) is 0 Å². The van der Waals surface area contributed by atoms with Gasteiger partial charge in [-0.3, -0.25) is 4.79 Å². The van der Waals surface area contributed by atoms with E-state index in [0.717, 1.165) is 6.42 Å². The van der Waals surface area contributed by atoms with Gasteiger partial charge in [-0.05, 0) is 30.7 Å². The molecule has 1 atom stereocenters. The summed E-state index contributed by atoms with van der Waals surface area (Å²) >= 11 is 0. The van der Waals surface area contributed by atoms with Crippen molar-refractivity contribution >= 4 is 5.97 Å². The van der Waals surface area contributed by atoms with Gasteiger partial charge in [-0.15, -0.1) is 0 Å². The zero-order valence-corrected chi connectivity index (χ0v) is 11.9. The lowest BCUT2D eigenvalue weighted by Crippen LogP contribution is -2.24. The normalized spacial score (nSPS) is 12.2. The molecule has 0 saturated heterocycles. The summed E-state index contributed by atoms with van der Waals surface area (Å²) in [5, 5.41) is 12.0. The molecule has 0 aromatic heterocycles. The van der Waals surface area contributed by atoms with Gasteiger partial charge < -0.3 is 19.9 Å². The summed E-state index contributed by atoms with van der Waals surface area (Å²) in [4.78, 5) is 10.9. The number of methoxy groups -OCH3 is 1. The molecule has 21 heavy (non-hydrogen) atoms. The topological polar surface area (TPSA) is 67.8 Å². The number of carbonyl (C=O) groups is 1. The van der Waals surface area contributed by atoms with Crippen LogP contribution in [0.3, 0.4) is 0 Å². The highest BCUT2D eigenvalue weighted by Crippen LogP contribution is 2.32. The number of aliphatic carboxylic acids is 1. The first kappa shape index (κ1) is 17.2. The van der Waals surface area contributed by atoms with Crippen LogP contribution < -0.4 is 14.8 Å². The van der Waals surface area contributed by atoms with Crippen molar-refractivity contribution in [3.8, 4) is 11.5 Å². The van der Waals surface area contributed by atoms with Crippen molar-refractivity contribution in [1.82, 2.24) is 5.32 Å². The molecule has 0 radical (unpaired) electrons. The molecule has 0 heterocycles. The predicted octanol–water partition coefficient (Wildman–Crippen LogP) is 2.81. The minimum atomic E-state index is -2.98. The second-order valence-corrected chi connectivity index (χ2v) is 4.39. The van der Waals surface area contributed by atoms with Gasteiger partial charge in [-0.2, -0.15) is 8.78 Å². The van der Waals surface area contributed by atoms with Crippen molar-refractivity contribution in [1.29, 1.82) is 0 Å². The number of hydrogen-bond donors (Lipinski definition) is 2. The lowest BCUT2D eigenvalue weighted by molar-refractivity contribution is -0.137. The lowest BCUT2D eigenvalue weighted by Gasteiger charge is -2.19. The molecule has 5 nitrogen and oxygen atoms in total. The van der Waals surface area contributed by atoms with Gasteiger partial charge in [0.15, 0.2) is 11.5 Å². The molecule has 0 aliphatic rings. The fourth-order valence-corrected chi connectivity index (χ4v) is 1.90. The second kappa shape index (κ2) is 8.41. The van der Waals surface area contributed by atoms with Gasteiger partial charge in [0, 0.05) is 6.04 Å². The molecule has 1 rings (SSSR count). The SMILES string of the molecule is CCCNC(CC(=O)O)c1ccc(OC)c(OC(F)F)c1. The maximum Gasteiger partial charge on any atom is 0.387 e. The number of hydrogen-bond acceptors (Lipinski definition) is 4. The summed E-state index contributed by atoms with van der Waals surface area (Å²) in [5.41, 5.74) is 0.558. The van der Waals surface area contributed by atoms with Crippen LogP contribution in [0.1, 0.15) is 31.4 Å². The van der Waals surface area contributed by atoms with E-state index in [1.165, 1.54) is 19.2 Å². The minimum absolute atomic E-state index is 0.112. The van der Waals surface area contributed by atoms with Crippen molar-refractivity contribution < 1.29 is 28.2 Å². The number of ether oxygens (including phenoxy) is 2. The van der Waals surface area contributed by atoms with Gasteiger partial charge >= 0.3 is 12.6 Å². The standard InChI is InChI=1S/C14H19F2NO4/c1-3-6-17-10(8-13(18)19)9-4-5-11(20-2)12(7-9)21-14(15)16/h4-5,7,10,14,17H,3,6,8H2,1-2H3,(H,18,19). The van der Waals surface area contributed by atoms with E-state index < -0.39 is 18.6 Å². The van der Waals surface area contributed by atoms with Crippen molar-refractivity contribution in [3.63, 3.8) is 0 Å². The molecule has 0 saturated carbocycles. The van der Waals surface area contributed by atoms with Gasteiger partial charge in [-0.25, -0.2) is 0 Å². The van der Waals surface area contributed by atoms with Crippen LogP contribution >= 0.6 is 0 Å². The highest BCUT2D eigenvalue weighted by Gasteiger charge is 2.18. The van der Waals surface area contributed by atoms with E-state index in [-0.39, 0.29) is 17.9 Å². The summed E-state index contributed by atoms with van der Waals surface area (Å²) in [6.45, 7) is -0.408. The first-order chi connectivity index (χ1) is 9.97. The van der Waals surface area contributed by atoms with Crippen molar-refractivity contribution in [2.24, 2.45) is 0 Å². The molecule has 1 unspecified atom stereocenters. The third-order valence-corrected chi connectivity index (χ3v) is 2.83. The van der Waals surface area contributed by atoms with Crippen LogP contribution in [0, 0.1) is 0 Å². The van der Waals surface area contributed by atoms with Crippen LogP contribution in [0.15, 0.2) is 18.2 Å². The molecular formula is C14H19F2NO4. The highest BCUT2D eigenvalue weighted by molar-refractivity contribution is 5.68. The third kappa shape index (κ3) is 5.55. The van der Waals surface area contributed by atoms with E-state index in [4.69, 9.17) is 9.84 Å². The highest BCUT2D eigenvalue weighted by atomic mass is 19.3. The van der Waals surface area contributed by atoms with Crippen molar-refractivity contribution in [3.05, 3.63) is 23.8 Å². The molecule has 0 fully saturated rings. The van der Waals surface area contributed by atoms with Crippen LogP contribution in [-0.2, 0) is 4.79 Å². The smallest absolute Gasteiger partial charge is 0.387 e. The van der Waals surface area contributed by atoms with Crippen LogP contribution in [0.25, 0.3) is 0 Å². The number of carboxylic acid groups (broad SMARTS) is 1. The van der Waals surface area contributed by atoms with Gasteiger partial charge in [0.05, 0.1) is 13.5 Å². The van der Waals surface area contributed by atoms with Gasteiger partial charge in [-0.1, -0.05) is 13.0 Å². The predicted molar refractivity (Wildman–Crippen MR) is 72.9 cm³/mol. The average molecular weight is 303 g/mol. The molecule has 0 amide bonds. The van der Waals surface area contributed by atoms with Crippen molar-refractivity contribution in [2.75, 3.05) is 13.7 Å².